The van der Waals surface area contributed by atoms with Crippen LogP contribution in [-0.2, 0) is 0 Å². The van der Waals surface area contributed by atoms with Crippen LogP contribution in [0, 0.1) is 0 Å². The molecular weight excluding hydrogens is 146 g/mol. The summed E-state index contributed by atoms with van der Waals surface area (Å²) in [5, 5.41) is 0. The van der Waals surface area contributed by atoms with Crippen molar-refractivity contribution in [3.05, 3.63) is 23.9 Å². The van der Waals surface area contributed by atoms with E-state index in [1.165, 1.54) is 0 Å². The molecule has 0 unspecified atom stereocenters. The Hall–Kier alpha value is -0.720. The van der Waals surface area contributed by atoms with Gasteiger partial charge in [0, 0.05) is 5.70 Å². The van der Waals surface area contributed by atoms with Crippen LogP contribution >= 0.6 is 0 Å². The Bertz CT molecular complexity index is 102. The Morgan fingerprint density at radius 1 is 1.17 bits per heavy atom. The standard InChI is InChI=1S/C7H13N.2C2H6/c1-3-5-6-7(8)4-2;2*1-2/h4-6H,3,8H2,1-2H3;2*1-2H3/b6-5-,7-4+;;. The van der Waals surface area contributed by atoms with Crippen LogP contribution in [0.2, 0.25) is 0 Å². The summed E-state index contributed by atoms with van der Waals surface area (Å²) >= 11 is 0. The number of nitrogens with two attached hydrogens (primary N) is 1. The van der Waals surface area contributed by atoms with Gasteiger partial charge in [0.15, 0.2) is 0 Å². The molecule has 0 radical (unpaired) electrons. The van der Waals surface area contributed by atoms with E-state index in [0.717, 1.165) is 12.1 Å². The van der Waals surface area contributed by atoms with Gasteiger partial charge in [0.2, 0.25) is 0 Å². The van der Waals surface area contributed by atoms with Gasteiger partial charge < -0.3 is 5.73 Å². The molecule has 0 bridgehead atoms. The topological polar surface area (TPSA) is 26.0 Å². The number of allylic oxidation sites excluding steroid dienone is 3. The number of rotatable bonds is 2. The molecule has 74 valence electrons. The molecule has 0 aliphatic heterocycles. The summed E-state index contributed by atoms with van der Waals surface area (Å²) in [6.45, 7) is 12.0. The first-order valence-corrected chi connectivity index (χ1v) is 4.89. The normalized spacial score (nSPS) is 9.67. The van der Waals surface area contributed by atoms with Gasteiger partial charge in [0.25, 0.3) is 0 Å². The Labute approximate surface area is 78.4 Å². The zero-order chi connectivity index (χ0) is 10.4. The van der Waals surface area contributed by atoms with Crippen molar-refractivity contribution in [3.63, 3.8) is 0 Å². The maximum atomic E-state index is 5.43. The lowest BCUT2D eigenvalue weighted by atomic mass is 10.3. The van der Waals surface area contributed by atoms with Crippen LogP contribution < -0.4 is 5.73 Å². The largest absolute Gasteiger partial charge is 0.399 e. The van der Waals surface area contributed by atoms with Crippen LogP contribution in [0.3, 0.4) is 0 Å². The zero-order valence-electron chi connectivity index (χ0n) is 9.52. The number of hydrogen-bond donors (Lipinski definition) is 1. The molecule has 0 aromatic heterocycles. The van der Waals surface area contributed by atoms with E-state index in [-0.39, 0.29) is 0 Å². The molecule has 0 aromatic carbocycles. The molecule has 0 saturated carbocycles. The van der Waals surface area contributed by atoms with Gasteiger partial charge in [-0.1, -0.05) is 46.8 Å². The summed E-state index contributed by atoms with van der Waals surface area (Å²) < 4.78 is 0. The minimum absolute atomic E-state index is 0.840. The van der Waals surface area contributed by atoms with E-state index in [0.29, 0.717) is 0 Å². The van der Waals surface area contributed by atoms with Crippen LogP contribution in [0.1, 0.15) is 48.0 Å². The van der Waals surface area contributed by atoms with Crippen LogP contribution in [-0.4, -0.2) is 0 Å². The Morgan fingerprint density at radius 3 is 1.83 bits per heavy atom. The second-order valence-corrected chi connectivity index (χ2v) is 1.60. The molecule has 0 atom stereocenters. The highest BCUT2D eigenvalue weighted by Crippen LogP contribution is 1.86. The molecule has 0 spiro atoms. The van der Waals surface area contributed by atoms with Crippen LogP contribution in [0.5, 0.6) is 0 Å². The third kappa shape index (κ3) is 22.8. The van der Waals surface area contributed by atoms with Gasteiger partial charge in [-0.25, -0.2) is 0 Å². The van der Waals surface area contributed by atoms with Gasteiger partial charge in [-0.2, -0.15) is 0 Å². The molecule has 0 aliphatic carbocycles. The Balaban J connectivity index is -0.000000175. The summed E-state index contributed by atoms with van der Waals surface area (Å²) in [5.41, 5.74) is 6.27. The summed E-state index contributed by atoms with van der Waals surface area (Å²) in [4.78, 5) is 0. The summed E-state index contributed by atoms with van der Waals surface area (Å²) in [7, 11) is 0. The minimum atomic E-state index is 0.840. The molecule has 2 N–H and O–H groups in total. The van der Waals surface area contributed by atoms with Crippen molar-refractivity contribution in [2.24, 2.45) is 5.73 Å². The molecule has 0 saturated heterocycles. The predicted molar refractivity (Wildman–Crippen MR) is 60.1 cm³/mol. The zero-order valence-corrected chi connectivity index (χ0v) is 9.52. The summed E-state index contributed by atoms with van der Waals surface area (Å²) in [6, 6.07) is 0. The van der Waals surface area contributed by atoms with Gasteiger partial charge in [-0.05, 0) is 19.4 Å². The lowest BCUT2D eigenvalue weighted by Crippen LogP contribution is -1.89. The molecule has 12 heavy (non-hydrogen) atoms. The van der Waals surface area contributed by atoms with E-state index in [2.05, 4.69) is 6.92 Å². The average molecular weight is 171 g/mol. The van der Waals surface area contributed by atoms with Crippen molar-refractivity contribution in [2.45, 2.75) is 48.0 Å². The van der Waals surface area contributed by atoms with Crippen molar-refractivity contribution in [1.29, 1.82) is 0 Å². The second kappa shape index (κ2) is 22.4. The van der Waals surface area contributed by atoms with Gasteiger partial charge in [0.05, 0.1) is 0 Å². The molecule has 0 fully saturated rings. The summed E-state index contributed by atoms with van der Waals surface area (Å²) in [5.74, 6) is 0. The quantitative estimate of drug-likeness (QED) is 0.627. The highest BCUT2D eigenvalue weighted by atomic mass is 14.5. The SMILES string of the molecule is C/C=C(N)\C=C/CC.CC.CC. The third-order valence-electron chi connectivity index (χ3n) is 0.879. The Morgan fingerprint density at radius 2 is 1.58 bits per heavy atom. The molecule has 1 nitrogen and oxygen atoms in total. The predicted octanol–water partition coefficient (Wildman–Crippen LogP) is 3.87. The first-order chi connectivity index (χ1) is 5.81. The lowest BCUT2D eigenvalue weighted by molar-refractivity contribution is 1.21. The molecule has 0 heterocycles. The fourth-order valence-electron chi connectivity index (χ4n) is 0.350. The molecule has 0 amide bonds. The van der Waals surface area contributed by atoms with Crippen LogP contribution in [0.4, 0.5) is 0 Å². The van der Waals surface area contributed by atoms with Gasteiger partial charge in [-0.15, -0.1) is 0 Å². The monoisotopic (exact) mass is 171 g/mol. The summed E-state index contributed by atoms with van der Waals surface area (Å²) in [6.07, 6.45) is 6.88. The number of hydrogen-bond acceptors (Lipinski definition) is 1. The second-order valence-electron chi connectivity index (χ2n) is 1.60. The van der Waals surface area contributed by atoms with Crippen molar-refractivity contribution in [2.75, 3.05) is 0 Å². The van der Waals surface area contributed by atoms with Gasteiger partial charge >= 0.3 is 0 Å². The van der Waals surface area contributed by atoms with E-state index in [9.17, 15) is 0 Å². The van der Waals surface area contributed by atoms with Crippen molar-refractivity contribution in [1.82, 2.24) is 0 Å². The average Bonchev–Trinajstić information content (AvgIpc) is 2.20. The molecule has 1 heteroatoms. The fourth-order valence-corrected chi connectivity index (χ4v) is 0.350. The smallest absolute Gasteiger partial charge is 0.0267 e. The van der Waals surface area contributed by atoms with Gasteiger partial charge in [-0.3, -0.25) is 0 Å². The fraction of sp³-hybridized carbons (Fsp3) is 0.636. The maximum absolute atomic E-state index is 5.43. The van der Waals surface area contributed by atoms with E-state index < -0.39 is 0 Å². The first-order valence-electron chi connectivity index (χ1n) is 4.89. The molecule has 0 aliphatic rings. The highest BCUT2D eigenvalue weighted by Gasteiger charge is 1.72. The first kappa shape index (κ1) is 17.4. The highest BCUT2D eigenvalue weighted by molar-refractivity contribution is 5.12. The maximum Gasteiger partial charge on any atom is 0.0267 e. The molecular formula is C11H25N. The minimum Gasteiger partial charge on any atom is -0.399 e. The van der Waals surface area contributed by atoms with E-state index in [1.807, 2.05) is 52.8 Å². The van der Waals surface area contributed by atoms with Crippen molar-refractivity contribution < 1.29 is 0 Å². The van der Waals surface area contributed by atoms with E-state index in [4.69, 9.17) is 5.73 Å². The molecule has 0 aromatic rings. The van der Waals surface area contributed by atoms with Crippen LogP contribution in [0.25, 0.3) is 0 Å². The van der Waals surface area contributed by atoms with E-state index >= 15 is 0 Å². The van der Waals surface area contributed by atoms with Gasteiger partial charge in [0.1, 0.15) is 0 Å². The Kier molecular flexibility index (Phi) is 32.5. The third-order valence-corrected chi connectivity index (χ3v) is 0.879. The van der Waals surface area contributed by atoms with Crippen molar-refractivity contribution >= 4 is 0 Å². The molecule has 0 rings (SSSR count). The van der Waals surface area contributed by atoms with Crippen molar-refractivity contribution in [3.8, 4) is 0 Å². The van der Waals surface area contributed by atoms with Crippen LogP contribution in [0.15, 0.2) is 23.9 Å². The lowest BCUT2D eigenvalue weighted by Gasteiger charge is -1.85. The van der Waals surface area contributed by atoms with E-state index in [1.54, 1.807) is 0 Å².